The van der Waals surface area contributed by atoms with Gasteiger partial charge in [0.1, 0.15) is 5.82 Å². The highest BCUT2D eigenvalue weighted by Gasteiger charge is 2.34. The van der Waals surface area contributed by atoms with Crippen molar-refractivity contribution in [2.45, 2.75) is 19.8 Å². The summed E-state index contributed by atoms with van der Waals surface area (Å²) in [6.07, 6.45) is 4.31. The maximum absolute atomic E-state index is 13.4. The Hall–Kier alpha value is -2.17. The molecule has 1 amide bonds. The number of carboxylic acid groups (broad SMARTS) is 1. The molecule has 0 aliphatic heterocycles. The lowest BCUT2D eigenvalue weighted by Crippen LogP contribution is -2.34. The maximum Gasteiger partial charge on any atom is 0.307 e. The fourth-order valence-electron chi connectivity index (χ4n) is 2.35. The molecule has 1 aliphatic rings. The minimum absolute atomic E-state index is 0.343. The zero-order valence-electron chi connectivity index (χ0n) is 11.1. The molecule has 0 saturated heterocycles. The standard InChI is InChI=1S/C15H16FNO3/c1-9-12(16)7-4-8-13(9)17-14(18)10-5-2-3-6-11(10)15(19)20/h2-4,7-8,10-11H,5-6H2,1H3,(H,17,18)(H,19,20)/t10-,11-/m0/s1. The number of anilines is 1. The van der Waals surface area contributed by atoms with Gasteiger partial charge in [-0.3, -0.25) is 9.59 Å². The predicted molar refractivity (Wildman–Crippen MR) is 72.8 cm³/mol. The second-order valence-electron chi connectivity index (χ2n) is 4.90. The molecule has 0 spiro atoms. The van der Waals surface area contributed by atoms with E-state index in [-0.39, 0.29) is 5.91 Å². The van der Waals surface area contributed by atoms with Crippen molar-refractivity contribution in [3.63, 3.8) is 0 Å². The number of rotatable bonds is 3. The van der Waals surface area contributed by atoms with Gasteiger partial charge in [0, 0.05) is 11.3 Å². The molecule has 1 aromatic carbocycles. The van der Waals surface area contributed by atoms with E-state index in [2.05, 4.69) is 5.32 Å². The largest absolute Gasteiger partial charge is 0.481 e. The van der Waals surface area contributed by atoms with Crippen molar-refractivity contribution in [1.82, 2.24) is 0 Å². The number of hydrogen-bond donors (Lipinski definition) is 2. The van der Waals surface area contributed by atoms with Crippen LogP contribution < -0.4 is 5.32 Å². The Balaban J connectivity index is 2.17. The monoisotopic (exact) mass is 277 g/mol. The van der Waals surface area contributed by atoms with Gasteiger partial charge in [-0.25, -0.2) is 4.39 Å². The second-order valence-corrected chi connectivity index (χ2v) is 4.90. The number of benzene rings is 1. The van der Waals surface area contributed by atoms with Crippen LogP contribution in [0.25, 0.3) is 0 Å². The summed E-state index contributed by atoms with van der Waals surface area (Å²) < 4.78 is 13.4. The van der Waals surface area contributed by atoms with E-state index in [0.717, 1.165) is 0 Å². The van der Waals surface area contributed by atoms with Crippen LogP contribution in [0.3, 0.4) is 0 Å². The van der Waals surface area contributed by atoms with E-state index >= 15 is 0 Å². The Morgan fingerprint density at radius 2 is 1.90 bits per heavy atom. The van der Waals surface area contributed by atoms with Crippen molar-refractivity contribution >= 4 is 17.6 Å². The topological polar surface area (TPSA) is 66.4 Å². The van der Waals surface area contributed by atoms with Crippen LogP contribution in [0, 0.1) is 24.6 Å². The van der Waals surface area contributed by atoms with Gasteiger partial charge in [-0.2, -0.15) is 0 Å². The van der Waals surface area contributed by atoms with E-state index in [9.17, 15) is 14.0 Å². The number of halogens is 1. The molecule has 0 saturated carbocycles. The molecule has 4 nitrogen and oxygen atoms in total. The highest BCUT2D eigenvalue weighted by Crippen LogP contribution is 2.28. The molecular formula is C15H16FNO3. The second kappa shape index (κ2) is 5.86. The molecule has 0 heterocycles. The molecular weight excluding hydrogens is 261 g/mol. The van der Waals surface area contributed by atoms with Crippen molar-refractivity contribution in [1.29, 1.82) is 0 Å². The molecule has 0 radical (unpaired) electrons. The van der Waals surface area contributed by atoms with Crippen LogP contribution in [-0.2, 0) is 9.59 Å². The van der Waals surface area contributed by atoms with Gasteiger partial charge < -0.3 is 10.4 Å². The molecule has 106 valence electrons. The van der Waals surface area contributed by atoms with Gasteiger partial charge in [-0.15, -0.1) is 0 Å². The van der Waals surface area contributed by atoms with Crippen molar-refractivity contribution in [3.8, 4) is 0 Å². The molecule has 0 aromatic heterocycles. The fourth-order valence-corrected chi connectivity index (χ4v) is 2.35. The molecule has 0 unspecified atom stereocenters. The summed E-state index contributed by atoms with van der Waals surface area (Å²) in [5.41, 5.74) is 0.729. The normalized spacial score (nSPS) is 21.5. The Labute approximate surface area is 116 Å². The van der Waals surface area contributed by atoms with E-state index in [0.29, 0.717) is 24.1 Å². The predicted octanol–water partition coefficient (Wildman–Crippen LogP) is 2.74. The first-order valence-electron chi connectivity index (χ1n) is 6.44. The Morgan fingerprint density at radius 1 is 1.25 bits per heavy atom. The van der Waals surface area contributed by atoms with Gasteiger partial charge in [0.25, 0.3) is 0 Å². The Morgan fingerprint density at radius 3 is 2.55 bits per heavy atom. The van der Waals surface area contributed by atoms with Crippen molar-refractivity contribution in [2.75, 3.05) is 5.32 Å². The zero-order valence-corrected chi connectivity index (χ0v) is 11.1. The van der Waals surface area contributed by atoms with E-state index in [1.54, 1.807) is 19.1 Å². The van der Waals surface area contributed by atoms with Gasteiger partial charge in [0.05, 0.1) is 11.8 Å². The van der Waals surface area contributed by atoms with E-state index in [1.807, 2.05) is 6.08 Å². The number of carboxylic acids is 1. The first-order valence-corrected chi connectivity index (χ1v) is 6.44. The summed E-state index contributed by atoms with van der Waals surface area (Å²) in [6, 6.07) is 4.42. The van der Waals surface area contributed by atoms with Gasteiger partial charge in [0.2, 0.25) is 5.91 Å². The van der Waals surface area contributed by atoms with Crippen LogP contribution in [0.15, 0.2) is 30.4 Å². The highest BCUT2D eigenvalue weighted by molar-refractivity contribution is 5.96. The van der Waals surface area contributed by atoms with E-state index < -0.39 is 23.6 Å². The molecule has 0 fully saturated rings. The first kappa shape index (κ1) is 14.2. The Kier molecular flexibility index (Phi) is 4.17. The van der Waals surface area contributed by atoms with E-state index in [1.165, 1.54) is 12.1 Å². The summed E-state index contributed by atoms with van der Waals surface area (Å²) in [5, 5.41) is 11.8. The molecule has 1 aliphatic carbocycles. The third kappa shape index (κ3) is 2.87. The average Bonchev–Trinajstić information content (AvgIpc) is 2.43. The van der Waals surface area contributed by atoms with Crippen LogP contribution in [0.4, 0.5) is 10.1 Å². The third-order valence-electron chi connectivity index (χ3n) is 3.61. The number of nitrogens with one attached hydrogen (secondary N) is 1. The van der Waals surface area contributed by atoms with Crippen LogP contribution in [0.1, 0.15) is 18.4 Å². The maximum atomic E-state index is 13.4. The lowest BCUT2D eigenvalue weighted by molar-refractivity contribution is -0.146. The number of hydrogen-bond acceptors (Lipinski definition) is 2. The third-order valence-corrected chi connectivity index (χ3v) is 3.61. The van der Waals surface area contributed by atoms with Gasteiger partial charge in [-0.05, 0) is 31.9 Å². The minimum atomic E-state index is -0.981. The summed E-state index contributed by atoms with van der Waals surface area (Å²) in [7, 11) is 0. The smallest absolute Gasteiger partial charge is 0.307 e. The number of allylic oxidation sites excluding steroid dienone is 2. The molecule has 5 heteroatoms. The molecule has 0 bridgehead atoms. The quantitative estimate of drug-likeness (QED) is 0.835. The van der Waals surface area contributed by atoms with Crippen molar-refractivity contribution < 1.29 is 19.1 Å². The van der Waals surface area contributed by atoms with Crippen LogP contribution in [0.5, 0.6) is 0 Å². The summed E-state index contributed by atoms with van der Waals surface area (Å²) >= 11 is 0. The van der Waals surface area contributed by atoms with Crippen LogP contribution >= 0.6 is 0 Å². The van der Waals surface area contributed by atoms with Crippen LogP contribution in [0.2, 0.25) is 0 Å². The Bertz CT molecular complexity index is 568. The number of amides is 1. The minimum Gasteiger partial charge on any atom is -0.481 e. The van der Waals surface area contributed by atoms with Gasteiger partial charge >= 0.3 is 5.97 Å². The lowest BCUT2D eigenvalue weighted by Gasteiger charge is -2.24. The molecule has 2 atom stereocenters. The lowest BCUT2D eigenvalue weighted by atomic mass is 9.82. The number of carbonyl (C=O) groups excluding carboxylic acids is 1. The fraction of sp³-hybridized carbons (Fsp3) is 0.333. The van der Waals surface area contributed by atoms with Crippen molar-refractivity contribution in [2.24, 2.45) is 11.8 Å². The highest BCUT2D eigenvalue weighted by atomic mass is 19.1. The number of carbonyl (C=O) groups is 2. The van der Waals surface area contributed by atoms with Gasteiger partial charge in [0.15, 0.2) is 0 Å². The van der Waals surface area contributed by atoms with Gasteiger partial charge in [-0.1, -0.05) is 18.2 Å². The first-order chi connectivity index (χ1) is 9.50. The molecule has 1 aromatic rings. The van der Waals surface area contributed by atoms with Crippen LogP contribution in [-0.4, -0.2) is 17.0 Å². The van der Waals surface area contributed by atoms with E-state index in [4.69, 9.17) is 5.11 Å². The number of aliphatic carboxylic acids is 1. The summed E-state index contributed by atoms with van der Waals surface area (Å²) in [6.45, 7) is 1.57. The van der Waals surface area contributed by atoms with Crippen molar-refractivity contribution in [3.05, 3.63) is 41.7 Å². The zero-order chi connectivity index (χ0) is 14.7. The average molecular weight is 277 g/mol. The summed E-state index contributed by atoms with van der Waals surface area (Å²) in [4.78, 5) is 23.4. The molecule has 20 heavy (non-hydrogen) atoms. The SMILES string of the molecule is Cc1c(F)cccc1NC(=O)[C@H]1CC=CC[C@@H]1C(=O)O. The summed E-state index contributed by atoms with van der Waals surface area (Å²) in [5.74, 6) is -3.11. The molecule has 2 rings (SSSR count). The molecule has 2 N–H and O–H groups in total.